The van der Waals surface area contributed by atoms with Crippen LogP contribution in [-0.4, -0.2) is 44.7 Å². The zero-order valence-electron chi connectivity index (χ0n) is 14.2. The second-order valence-electron chi connectivity index (χ2n) is 6.21. The van der Waals surface area contributed by atoms with Crippen molar-refractivity contribution in [1.82, 2.24) is 25.5 Å². The molecule has 8 nitrogen and oxygen atoms in total. The molecule has 1 aliphatic carbocycles. The maximum absolute atomic E-state index is 11.9. The molecular formula is C17H20ClN5O3. The Morgan fingerprint density at radius 3 is 2.65 bits per heavy atom. The fraction of sp³-hybridized carbons (Fsp3) is 0.471. The molecule has 0 spiro atoms. The van der Waals surface area contributed by atoms with Gasteiger partial charge in [0.1, 0.15) is 0 Å². The summed E-state index contributed by atoms with van der Waals surface area (Å²) < 4.78 is 4.98. The fourth-order valence-electron chi connectivity index (χ4n) is 2.85. The normalized spacial score (nSPS) is 14.8. The number of tetrazole rings is 1. The lowest BCUT2D eigenvalue weighted by atomic mass is 9.95. The minimum Gasteiger partial charge on any atom is -0.454 e. The summed E-state index contributed by atoms with van der Waals surface area (Å²) >= 11 is 5.84. The van der Waals surface area contributed by atoms with E-state index < -0.39 is 5.97 Å². The number of rotatable bonds is 6. The quantitative estimate of drug-likeness (QED) is 0.773. The van der Waals surface area contributed by atoms with Gasteiger partial charge in [0.15, 0.2) is 13.2 Å². The Bertz CT molecular complexity index is 756. The van der Waals surface area contributed by atoms with Gasteiger partial charge in [-0.25, -0.2) is 4.79 Å². The summed E-state index contributed by atoms with van der Waals surface area (Å²) in [4.78, 5) is 24.8. The predicted octanol–water partition coefficient (Wildman–Crippen LogP) is 1.99. The maximum atomic E-state index is 11.9. The molecule has 1 aliphatic rings. The van der Waals surface area contributed by atoms with Gasteiger partial charge < -0.3 is 10.1 Å². The van der Waals surface area contributed by atoms with Crippen LogP contribution < -0.4 is 5.32 Å². The van der Waals surface area contributed by atoms with Crippen LogP contribution in [0.2, 0.25) is 5.02 Å². The Hall–Kier alpha value is -2.48. The lowest BCUT2D eigenvalue weighted by molar-refractivity contribution is -0.149. The molecule has 1 amide bonds. The summed E-state index contributed by atoms with van der Waals surface area (Å²) in [5.74, 6) is -0.494. The van der Waals surface area contributed by atoms with Crippen LogP contribution in [0.3, 0.4) is 0 Å². The summed E-state index contributed by atoms with van der Waals surface area (Å²) in [6, 6.07) is 7.15. The van der Waals surface area contributed by atoms with Crippen molar-refractivity contribution in [2.24, 2.45) is 0 Å². The van der Waals surface area contributed by atoms with Crippen LogP contribution in [0.5, 0.6) is 0 Å². The number of ether oxygens (including phenoxy) is 1. The van der Waals surface area contributed by atoms with Gasteiger partial charge >= 0.3 is 5.97 Å². The molecule has 0 radical (unpaired) electrons. The topological polar surface area (TPSA) is 99.0 Å². The van der Waals surface area contributed by atoms with Gasteiger partial charge in [0.05, 0.1) is 0 Å². The number of carbonyl (C=O) groups is 2. The standard InChI is InChI=1S/C17H20ClN5O3/c18-13-8-6-12(7-9-13)17-20-22-23(21-17)10-16(25)26-11-15(24)19-14-4-2-1-3-5-14/h6-9,14H,1-5,10-11H2,(H,19,24). The Morgan fingerprint density at radius 1 is 1.19 bits per heavy atom. The monoisotopic (exact) mass is 377 g/mol. The Balaban J connectivity index is 1.44. The highest BCUT2D eigenvalue weighted by Crippen LogP contribution is 2.18. The molecule has 1 aromatic heterocycles. The summed E-state index contributed by atoms with van der Waals surface area (Å²) in [6.07, 6.45) is 5.42. The summed E-state index contributed by atoms with van der Waals surface area (Å²) in [5.41, 5.74) is 0.737. The number of nitrogens with zero attached hydrogens (tertiary/aromatic N) is 4. The predicted molar refractivity (Wildman–Crippen MR) is 94.2 cm³/mol. The number of carbonyl (C=O) groups excluding carboxylic acids is 2. The molecule has 1 aromatic carbocycles. The molecule has 1 saturated carbocycles. The average molecular weight is 378 g/mol. The van der Waals surface area contributed by atoms with Crippen molar-refractivity contribution in [3.05, 3.63) is 29.3 Å². The molecule has 2 aromatic rings. The molecule has 9 heteroatoms. The van der Waals surface area contributed by atoms with Crippen molar-refractivity contribution in [1.29, 1.82) is 0 Å². The van der Waals surface area contributed by atoms with E-state index in [0.29, 0.717) is 10.8 Å². The van der Waals surface area contributed by atoms with Crippen molar-refractivity contribution >= 4 is 23.5 Å². The third kappa shape index (κ3) is 5.26. The molecule has 138 valence electrons. The Morgan fingerprint density at radius 2 is 1.92 bits per heavy atom. The number of benzene rings is 1. The van der Waals surface area contributed by atoms with Gasteiger partial charge in [-0.1, -0.05) is 30.9 Å². The van der Waals surface area contributed by atoms with E-state index in [9.17, 15) is 9.59 Å². The number of aromatic nitrogens is 4. The van der Waals surface area contributed by atoms with Crippen molar-refractivity contribution in [2.45, 2.75) is 44.7 Å². The molecule has 1 fully saturated rings. The van der Waals surface area contributed by atoms with E-state index in [1.54, 1.807) is 24.3 Å². The molecule has 0 unspecified atom stereocenters. The Kier molecular flexibility index (Phi) is 6.17. The van der Waals surface area contributed by atoms with Crippen molar-refractivity contribution in [3.63, 3.8) is 0 Å². The first-order chi connectivity index (χ1) is 12.6. The number of nitrogens with one attached hydrogen (secondary N) is 1. The van der Waals surface area contributed by atoms with Gasteiger partial charge in [-0.15, -0.1) is 10.2 Å². The second kappa shape index (κ2) is 8.75. The molecular weight excluding hydrogens is 358 g/mol. The second-order valence-corrected chi connectivity index (χ2v) is 6.65. The number of halogens is 1. The first kappa shape index (κ1) is 18.3. The van der Waals surface area contributed by atoms with E-state index >= 15 is 0 Å². The number of hydrogen-bond donors (Lipinski definition) is 1. The Labute approximate surface area is 155 Å². The minimum atomic E-state index is -0.594. The molecule has 0 aliphatic heterocycles. The molecule has 0 bridgehead atoms. The summed E-state index contributed by atoms with van der Waals surface area (Å²) in [6.45, 7) is -0.509. The van der Waals surface area contributed by atoms with Gasteiger partial charge in [-0.05, 0) is 42.3 Å². The van der Waals surface area contributed by atoms with Crippen LogP contribution in [-0.2, 0) is 20.9 Å². The van der Waals surface area contributed by atoms with Gasteiger partial charge in [-0.3, -0.25) is 4.79 Å². The number of esters is 1. The van der Waals surface area contributed by atoms with Gasteiger partial charge in [0.2, 0.25) is 5.82 Å². The zero-order valence-corrected chi connectivity index (χ0v) is 15.0. The highest BCUT2D eigenvalue weighted by Gasteiger charge is 2.17. The van der Waals surface area contributed by atoms with E-state index in [4.69, 9.17) is 16.3 Å². The van der Waals surface area contributed by atoms with Crippen LogP contribution in [0.25, 0.3) is 11.4 Å². The van der Waals surface area contributed by atoms with Crippen LogP contribution in [0.1, 0.15) is 32.1 Å². The van der Waals surface area contributed by atoms with E-state index in [-0.39, 0.29) is 25.1 Å². The molecule has 0 atom stereocenters. The highest BCUT2D eigenvalue weighted by molar-refractivity contribution is 6.30. The third-order valence-corrected chi connectivity index (χ3v) is 4.41. The van der Waals surface area contributed by atoms with Gasteiger partial charge in [0.25, 0.3) is 5.91 Å². The molecule has 3 rings (SSSR count). The first-order valence-corrected chi connectivity index (χ1v) is 8.97. The SMILES string of the molecule is O=C(COC(=O)Cn1nnc(-c2ccc(Cl)cc2)n1)NC1CCCCC1. The minimum absolute atomic E-state index is 0.189. The largest absolute Gasteiger partial charge is 0.454 e. The maximum Gasteiger partial charge on any atom is 0.330 e. The summed E-state index contributed by atoms with van der Waals surface area (Å²) in [5, 5.41) is 15.3. The van der Waals surface area contributed by atoms with Gasteiger partial charge in [0, 0.05) is 16.6 Å². The highest BCUT2D eigenvalue weighted by atomic mass is 35.5. The smallest absolute Gasteiger partial charge is 0.330 e. The van der Waals surface area contributed by atoms with Crippen LogP contribution in [0.15, 0.2) is 24.3 Å². The number of amides is 1. The van der Waals surface area contributed by atoms with Gasteiger partial charge in [-0.2, -0.15) is 4.80 Å². The van der Waals surface area contributed by atoms with Crippen LogP contribution in [0, 0.1) is 0 Å². The third-order valence-electron chi connectivity index (χ3n) is 4.16. The van der Waals surface area contributed by atoms with Crippen molar-refractivity contribution in [2.75, 3.05) is 6.61 Å². The van der Waals surface area contributed by atoms with Crippen LogP contribution >= 0.6 is 11.6 Å². The zero-order chi connectivity index (χ0) is 18.4. The van der Waals surface area contributed by atoms with E-state index in [0.717, 1.165) is 36.0 Å². The van der Waals surface area contributed by atoms with E-state index in [1.165, 1.54) is 6.42 Å². The fourth-order valence-corrected chi connectivity index (χ4v) is 2.97. The first-order valence-electron chi connectivity index (χ1n) is 8.59. The molecule has 1 heterocycles. The van der Waals surface area contributed by atoms with Crippen molar-refractivity contribution < 1.29 is 14.3 Å². The lowest BCUT2D eigenvalue weighted by Crippen LogP contribution is -2.39. The number of hydrogen-bond acceptors (Lipinski definition) is 6. The molecule has 26 heavy (non-hydrogen) atoms. The molecule has 1 N–H and O–H groups in total. The van der Waals surface area contributed by atoms with E-state index in [2.05, 4.69) is 20.7 Å². The van der Waals surface area contributed by atoms with Crippen molar-refractivity contribution in [3.8, 4) is 11.4 Å². The average Bonchev–Trinajstić information content (AvgIpc) is 3.10. The summed E-state index contributed by atoms with van der Waals surface area (Å²) in [7, 11) is 0. The van der Waals surface area contributed by atoms with E-state index in [1.807, 2.05) is 0 Å². The molecule has 0 saturated heterocycles. The van der Waals surface area contributed by atoms with Crippen LogP contribution in [0.4, 0.5) is 0 Å². The lowest BCUT2D eigenvalue weighted by Gasteiger charge is -2.22.